The zero-order valence-corrected chi connectivity index (χ0v) is 19.6. The quantitative estimate of drug-likeness (QED) is 0.156. The predicted octanol–water partition coefficient (Wildman–Crippen LogP) is 1.16. The van der Waals surface area contributed by atoms with Gasteiger partial charge in [0.1, 0.15) is 35.1 Å². The van der Waals surface area contributed by atoms with E-state index in [2.05, 4.69) is 29.9 Å². The van der Waals surface area contributed by atoms with E-state index >= 15 is 0 Å². The molecule has 4 rings (SSSR count). The Morgan fingerprint density at radius 1 is 0.694 bits per heavy atom. The van der Waals surface area contributed by atoms with Crippen LogP contribution < -0.4 is 11.5 Å². The highest BCUT2D eigenvalue weighted by Crippen LogP contribution is 2.44. The number of nitrogens with two attached hydrogens (primary N) is 2. The van der Waals surface area contributed by atoms with Crippen LogP contribution in [0.25, 0.3) is 32.6 Å². The predicted molar refractivity (Wildman–Crippen MR) is 129 cm³/mol. The summed E-state index contributed by atoms with van der Waals surface area (Å²) in [4.78, 5) is 21.3. The molecule has 0 fully saturated rings. The average molecular weight is 529 g/mol. The van der Waals surface area contributed by atoms with Gasteiger partial charge in [-0.3, -0.25) is 9.11 Å². The molecule has 0 radical (unpaired) electrons. The third kappa shape index (κ3) is 4.73. The van der Waals surface area contributed by atoms with Crippen molar-refractivity contribution in [3.8, 4) is 22.8 Å². The monoisotopic (exact) mass is 528 g/mol. The molecule has 0 atom stereocenters. The molecule has 2 aromatic carbocycles. The van der Waals surface area contributed by atoms with Crippen LogP contribution in [0, 0.1) is 0 Å². The largest absolute Gasteiger partial charge is 0.397 e. The van der Waals surface area contributed by atoms with Crippen molar-refractivity contribution in [2.45, 2.75) is 0 Å². The Hall–Kier alpha value is -4.38. The lowest BCUT2D eigenvalue weighted by atomic mass is 9.97. The van der Waals surface area contributed by atoms with Gasteiger partial charge in [0.15, 0.2) is 11.6 Å². The maximum absolute atomic E-state index is 12.6. The Bertz CT molecular complexity index is 1680. The summed E-state index contributed by atoms with van der Waals surface area (Å²) in [7, 11) is -10.6. The van der Waals surface area contributed by atoms with Gasteiger partial charge >= 0.3 is 0 Å². The van der Waals surface area contributed by atoms with E-state index in [0.29, 0.717) is 0 Å². The van der Waals surface area contributed by atoms with E-state index in [9.17, 15) is 25.9 Å². The van der Waals surface area contributed by atoms with Crippen LogP contribution in [-0.4, -0.2) is 55.8 Å². The van der Waals surface area contributed by atoms with Gasteiger partial charge in [0.2, 0.25) is 0 Å². The van der Waals surface area contributed by atoms with Crippen molar-refractivity contribution in [3.63, 3.8) is 0 Å². The van der Waals surface area contributed by atoms with Crippen LogP contribution in [0.3, 0.4) is 0 Å². The summed E-state index contributed by atoms with van der Waals surface area (Å²) in [5.74, 6) is -0.0113. The number of aromatic nitrogens is 6. The SMILES string of the molecule is Nc1c(C(=C(c2ccccc2)S(=O)(=O)O)S(=O)(=O)O)cc(-c2ncncn2)c(-c2ncncn2)c1N. The minimum absolute atomic E-state index is 0.0200. The minimum Gasteiger partial charge on any atom is -0.397 e. The molecule has 2 aromatic heterocycles. The van der Waals surface area contributed by atoms with Gasteiger partial charge in [0, 0.05) is 11.1 Å². The molecule has 36 heavy (non-hydrogen) atoms. The standard InChI is InChI=1S/C20H16N8O6S2/c21-15-13(18(36(32,33)34)17(35(29,30)31)11-4-2-1-3-5-11)6-12(19-25-7-23-8-26-19)14(16(15)22)20-27-9-24-10-28-20/h1-10H,21-22H2,(H,29,30,31)(H,32,33,34). The van der Waals surface area contributed by atoms with Crippen molar-refractivity contribution < 1.29 is 25.9 Å². The molecule has 0 spiro atoms. The Labute approximate surface area is 204 Å². The third-order valence-electron chi connectivity index (χ3n) is 4.86. The first-order valence-electron chi connectivity index (χ1n) is 9.72. The highest BCUT2D eigenvalue weighted by molar-refractivity contribution is 8.01. The molecule has 0 saturated heterocycles. The number of anilines is 2. The summed E-state index contributed by atoms with van der Waals surface area (Å²) in [5, 5.41) is 0. The molecular weight excluding hydrogens is 512 g/mol. The number of hydrogen-bond donors (Lipinski definition) is 4. The molecule has 0 bridgehead atoms. The van der Waals surface area contributed by atoms with Crippen molar-refractivity contribution in [1.29, 1.82) is 0 Å². The Balaban J connectivity index is 2.22. The van der Waals surface area contributed by atoms with E-state index in [0.717, 1.165) is 18.7 Å². The van der Waals surface area contributed by atoms with Crippen molar-refractivity contribution in [1.82, 2.24) is 29.9 Å². The maximum Gasteiger partial charge on any atom is 0.296 e. The average Bonchev–Trinajstić information content (AvgIpc) is 2.84. The number of benzene rings is 2. The lowest BCUT2D eigenvalue weighted by Gasteiger charge is -2.19. The summed E-state index contributed by atoms with van der Waals surface area (Å²) in [6.45, 7) is 0. The van der Waals surface area contributed by atoms with Crippen LogP contribution in [0.5, 0.6) is 0 Å². The van der Waals surface area contributed by atoms with E-state index in [1.54, 1.807) is 0 Å². The molecule has 184 valence electrons. The van der Waals surface area contributed by atoms with Crippen molar-refractivity contribution in [2.24, 2.45) is 0 Å². The smallest absolute Gasteiger partial charge is 0.296 e. The van der Waals surface area contributed by atoms with Gasteiger partial charge in [-0.25, -0.2) is 29.9 Å². The molecule has 14 nitrogen and oxygen atoms in total. The van der Waals surface area contributed by atoms with E-state index in [-0.39, 0.29) is 34.0 Å². The molecule has 4 aromatic rings. The number of nitrogen functional groups attached to an aromatic ring is 2. The van der Waals surface area contributed by atoms with Crippen LogP contribution in [0.15, 0.2) is 61.7 Å². The summed E-state index contributed by atoms with van der Waals surface area (Å²) in [6.07, 6.45) is 4.66. The van der Waals surface area contributed by atoms with Crippen molar-refractivity contribution >= 4 is 41.4 Å². The molecular formula is C20H16N8O6S2. The van der Waals surface area contributed by atoms with Crippen molar-refractivity contribution in [3.05, 3.63) is 72.8 Å². The lowest BCUT2D eigenvalue weighted by Crippen LogP contribution is -2.14. The van der Waals surface area contributed by atoms with E-state index < -0.39 is 41.3 Å². The first kappa shape index (κ1) is 24.7. The molecule has 6 N–H and O–H groups in total. The molecule has 0 aliphatic heterocycles. The number of rotatable bonds is 6. The second-order valence-corrected chi connectivity index (χ2v) is 9.79. The fraction of sp³-hybridized carbons (Fsp3) is 0. The van der Waals surface area contributed by atoms with E-state index in [1.165, 1.54) is 43.0 Å². The molecule has 0 aliphatic carbocycles. The molecule has 0 saturated carbocycles. The minimum atomic E-state index is -5.35. The summed E-state index contributed by atoms with van der Waals surface area (Å²) in [6, 6.07) is 7.88. The Morgan fingerprint density at radius 3 is 1.69 bits per heavy atom. The zero-order valence-electron chi connectivity index (χ0n) is 18.0. The van der Waals surface area contributed by atoms with Gasteiger partial charge in [-0.15, -0.1) is 0 Å². The lowest BCUT2D eigenvalue weighted by molar-refractivity contribution is 0.491. The van der Waals surface area contributed by atoms with E-state index in [1.807, 2.05) is 0 Å². The fourth-order valence-electron chi connectivity index (χ4n) is 3.44. The highest BCUT2D eigenvalue weighted by Gasteiger charge is 2.34. The summed E-state index contributed by atoms with van der Waals surface area (Å²) < 4.78 is 70.2. The highest BCUT2D eigenvalue weighted by atomic mass is 32.2. The normalized spacial score (nSPS) is 12.7. The maximum atomic E-state index is 12.6. The van der Waals surface area contributed by atoms with Crippen LogP contribution in [-0.2, 0) is 20.2 Å². The van der Waals surface area contributed by atoms with Crippen LogP contribution in [0.1, 0.15) is 11.1 Å². The first-order chi connectivity index (χ1) is 17.0. The molecule has 0 amide bonds. The third-order valence-corrected chi connectivity index (χ3v) is 6.89. The van der Waals surface area contributed by atoms with Crippen LogP contribution in [0.2, 0.25) is 0 Å². The zero-order chi connectivity index (χ0) is 26.1. The fourth-order valence-corrected chi connectivity index (χ4v) is 5.64. The Morgan fingerprint density at radius 2 is 1.19 bits per heavy atom. The van der Waals surface area contributed by atoms with Crippen LogP contribution in [0.4, 0.5) is 11.4 Å². The summed E-state index contributed by atoms with van der Waals surface area (Å²) in [5.41, 5.74) is 11.0. The molecule has 2 heterocycles. The topological polar surface area (TPSA) is 238 Å². The van der Waals surface area contributed by atoms with E-state index in [4.69, 9.17) is 11.5 Å². The second-order valence-electron chi connectivity index (χ2n) is 7.07. The van der Waals surface area contributed by atoms with Gasteiger partial charge in [-0.05, 0) is 11.6 Å². The van der Waals surface area contributed by atoms with Crippen molar-refractivity contribution in [2.75, 3.05) is 11.5 Å². The number of nitrogens with zero attached hydrogens (tertiary/aromatic N) is 6. The van der Waals surface area contributed by atoms with Gasteiger partial charge in [0.25, 0.3) is 20.2 Å². The van der Waals surface area contributed by atoms with Gasteiger partial charge < -0.3 is 11.5 Å². The van der Waals surface area contributed by atoms with Gasteiger partial charge in [-0.1, -0.05) is 30.3 Å². The van der Waals surface area contributed by atoms with Crippen LogP contribution >= 0.6 is 0 Å². The molecule has 16 heteroatoms. The first-order valence-corrected chi connectivity index (χ1v) is 12.6. The second kappa shape index (κ2) is 9.34. The Kier molecular flexibility index (Phi) is 6.42. The van der Waals surface area contributed by atoms with Gasteiger partial charge in [-0.2, -0.15) is 16.8 Å². The number of hydrogen-bond acceptors (Lipinski definition) is 12. The molecule has 0 aliphatic rings. The van der Waals surface area contributed by atoms with Gasteiger partial charge in [0.05, 0.1) is 16.9 Å². The molecule has 0 unspecified atom stereocenters. The summed E-state index contributed by atoms with van der Waals surface area (Å²) >= 11 is 0.